The van der Waals surface area contributed by atoms with Crippen molar-refractivity contribution in [2.75, 3.05) is 7.11 Å². The Morgan fingerprint density at radius 1 is 0.769 bits per heavy atom. The standard InChI is InChI=1S/C23H19NO2/c1-25-20-15-9-8-14-19(20)16-21-24-22(17-10-4-2-5-11-17)23(26-21)18-12-6-3-7-13-18/h2-15H,16H2,1H3. The maximum absolute atomic E-state index is 6.19. The molecule has 4 rings (SSSR count). The second-order valence-corrected chi connectivity index (χ2v) is 6.01. The van der Waals surface area contributed by atoms with Gasteiger partial charge in [0.25, 0.3) is 0 Å². The Balaban J connectivity index is 1.79. The van der Waals surface area contributed by atoms with Gasteiger partial charge in [-0.2, -0.15) is 0 Å². The third kappa shape index (κ3) is 3.24. The Bertz CT molecular complexity index is 934. The molecular weight excluding hydrogens is 322 g/mol. The molecule has 0 atom stereocenters. The highest BCUT2D eigenvalue weighted by molar-refractivity contribution is 5.76. The number of nitrogens with zero attached hydrogens (tertiary/aromatic N) is 1. The van der Waals surface area contributed by atoms with Crippen LogP contribution in [0.4, 0.5) is 0 Å². The highest BCUT2D eigenvalue weighted by Crippen LogP contribution is 2.33. The maximum Gasteiger partial charge on any atom is 0.200 e. The lowest BCUT2D eigenvalue weighted by atomic mass is 10.1. The van der Waals surface area contributed by atoms with Crippen LogP contribution in [0.5, 0.6) is 5.75 Å². The molecule has 1 heterocycles. The van der Waals surface area contributed by atoms with E-state index in [1.54, 1.807) is 7.11 Å². The molecule has 26 heavy (non-hydrogen) atoms. The van der Waals surface area contributed by atoms with Crippen molar-refractivity contribution in [3.63, 3.8) is 0 Å². The van der Waals surface area contributed by atoms with Crippen LogP contribution in [0.2, 0.25) is 0 Å². The van der Waals surface area contributed by atoms with Gasteiger partial charge in [0.2, 0.25) is 0 Å². The van der Waals surface area contributed by atoms with E-state index in [9.17, 15) is 0 Å². The van der Waals surface area contributed by atoms with Crippen LogP contribution in [0.1, 0.15) is 11.5 Å². The SMILES string of the molecule is COc1ccccc1Cc1nc(-c2ccccc2)c(-c2ccccc2)o1. The number of aromatic nitrogens is 1. The van der Waals surface area contributed by atoms with Crippen LogP contribution in [-0.4, -0.2) is 12.1 Å². The Kier molecular flexibility index (Phi) is 4.52. The van der Waals surface area contributed by atoms with Gasteiger partial charge < -0.3 is 9.15 Å². The van der Waals surface area contributed by atoms with Gasteiger partial charge in [-0.25, -0.2) is 4.98 Å². The van der Waals surface area contributed by atoms with E-state index in [4.69, 9.17) is 14.1 Å². The molecular formula is C23H19NO2. The molecule has 128 valence electrons. The summed E-state index contributed by atoms with van der Waals surface area (Å²) in [4.78, 5) is 4.81. The van der Waals surface area contributed by atoms with Crippen molar-refractivity contribution in [3.05, 3.63) is 96.4 Å². The monoisotopic (exact) mass is 341 g/mol. The fraction of sp³-hybridized carbons (Fsp3) is 0.0870. The van der Waals surface area contributed by atoms with Crippen LogP contribution in [-0.2, 0) is 6.42 Å². The molecule has 0 amide bonds. The largest absolute Gasteiger partial charge is 0.496 e. The van der Waals surface area contributed by atoms with E-state index in [-0.39, 0.29) is 0 Å². The van der Waals surface area contributed by atoms with Gasteiger partial charge in [0, 0.05) is 16.7 Å². The zero-order valence-electron chi connectivity index (χ0n) is 14.6. The highest BCUT2D eigenvalue weighted by atomic mass is 16.5. The molecule has 0 aliphatic carbocycles. The summed E-state index contributed by atoms with van der Waals surface area (Å²) in [5.41, 5.74) is 3.98. The summed E-state index contributed by atoms with van der Waals surface area (Å²) in [6.07, 6.45) is 0.580. The van der Waals surface area contributed by atoms with E-state index in [1.165, 1.54) is 0 Å². The molecule has 0 spiro atoms. The lowest BCUT2D eigenvalue weighted by molar-refractivity contribution is 0.408. The molecule has 0 aliphatic heterocycles. The molecule has 0 unspecified atom stereocenters. The normalized spacial score (nSPS) is 10.7. The van der Waals surface area contributed by atoms with Crippen LogP contribution < -0.4 is 4.74 Å². The number of hydrogen-bond donors (Lipinski definition) is 0. The molecule has 0 aliphatic rings. The van der Waals surface area contributed by atoms with Gasteiger partial charge in [0.1, 0.15) is 11.4 Å². The van der Waals surface area contributed by atoms with Crippen molar-refractivity contribution in [3.8, 4) is 28.3 Å². The third-order valence-electron chi connectivity index (χ3n) is 4.29. The average Bonchev–Trinajstić information content (AvgIpc) is 3.13. The Morgan fingerprint density at radius 2 is 1.38 bits per heavy atom. The third-order valence-corrected chi connectivity index (χ3v) is 4.29. The summed E-state index contributed by atoms with van der Waals surface area (Å²) in [6.45, 7) is 0. The number of benzene rings is 3. The van der Waals surface area contributed by atoms with Gasteiger partial charge in [-0.3, -0.25) is 0 Å². The molecule has 0 saturated carbocycles. The Morgan fingerprint density at radius 3 is 2.08 bits per heavy atom. The number of ether oxygens (including phenoxy) is 1. The van der Waals surface area contributed by atoms with Crippen molar-refractivity contribution in [2.24, 2.45) is 0 Å². The zero-order chi connectivity index (χ0) is 17.8. The highest BCUT2D eigenvalue weighted by Gasteiger charge is 2.17. The fourth-order valence-corrected chi connectivity index (χ4v) is 3.03. The number of rotatable bonds is 5. The van der Waals surface area contributed by atoms with E-state index >= 15 is 0 Å². The molecule has 0 bridgehead atoms. The zero-order valence-corrected chi connectivity index (χ0v) is 14.6. The number of para-hydroxylation sites is 1. The first-order valence-electron chi connectivity index (χ1n) is 8.57. The summed E-state index contributed by atoms with van der Waals surface area (Å²) < 4.78 is 11.6. The van der Waals surface area contributed by atoms with Gasteiger partial charge >= 0.3 is 0 Å². The Labute approximate surface area is 152 Å². The van der Waals surface area contributed by atoms with Gasteiger partial charge in [-0.15, -0.1) is 0 Å². The average molecular weight is 341 g/mol. The molecule has 3 aromatic carbocycles. The van der Waals surface area contributed by atoms with Crippen LogP contribution >= 0.6 is 0 Å². The smallest absolute Gasteiger partial charge is 0.200 e. The second-order valence-electron chi connectivity index (χ2n) is 6.01. The van der Waals surface area contributed by atoms with Gasteiger partial charge in [-0.1, -0.05) is 78.9 Å². The van der Waals surface area contributed by atoms with E-state index in [0.29, 0.717) is 12.3 Å². The van der Waals surface area contributed by atoms with Gasteiger partial charge in [0.05, 0.1) is 13.5 Å². The quantitative estimate of drug-likeness (QED) is 0.473. The summed E-state index contributed by atoms with van der Waals surface area (Å²) in [5.74, 6) is 2.31. The minimum atomic E-state index is 0.580. The molecule has 3 nitrogen and oxygen atoms in total. The van der Waals surface area contributed by atoms with E-state index in [0.717, 1.165) is 33.9 Å². The van der Waals surface area contributed by atoms with Gasteiger partial charge in [0.15, 0.2) is 11.7 Å². The van der Waals surface area contributed by atoms with Crippen LogP contribution in [0, 0.1) is 0 Å². The Hall–Kier alpha value is -3.33. The lowest BCUT2D eigenvalue weighted by Crippen LogP contribution is -1.93. The minimum absolute atomic E-state index is 0.580. The van der Waals surface area contributed by atoms with Crippen LogP contribution in [0.3, 0.4) is 0 Å². The summed E-state index contributed by atoms with van der Waals surface area (Å²) in [6, 6.07) is 28.2. The van der Waals surface area contributed by atoms with Crippen LogP contribution in [0.15, 0.2) is 89.3 Å². The molecule has 0 saturated heterocycles. The molecule has 0 N–H and O–H groups in total. The van der Waals surface area contributed by atoms with Crippen molar-refractivity contribution < 1.29 is 9.15 Å². The maximum atomic E-state index is 6.19. The predicted octanol–water partition coefficient (Wildman–Crippen LogP) is 5.61. The van der Waals surface area contributed by atoms with E-state index < -0.39 is 0 Å². The fourth-order valence-electron chi connectivity index (χ4n) is 3.03. The van der Waals surface area contributed by atoms with Gasteiger partial charge in [-0.05, 0) is 6.07 Å². The number of methoxy groups -OCH3 is 1. The van der Waals surface area contributed by atoms with Crippen molar-refractivity contribution in [1.82, 2.24) is 4.98 Å². The van der Waals surface area contributed by atoms with Crippen LogP contribution in [0.25, 0.3) is 22.6 Å². The molecule has 3 heteroatoms. The first kappa shape index (κ1) is 16.2. The molecule has 4 aromatic rings. The number of oxazole rings is 1. The van der Waals surface area contributed by atoms with Crippen molar-refractivity contribution in [2.45, 2.75) is 6.42 Å². The summed E-state index contributed by atoms with van der Waals surface area (Å²) >= 11 is 0. The lowest BCUT2D eigenvalue weighted by Gasteiger charge is -2.05. The molecule has 0 radical (unpaired) electrons. The summed E-state index contributed by atoms with van der Waals surface area (Å²) in [5, 5.41) is 0. The predicted molar refractivity (Wildman–Crippen MR) is 103 cm³/mol. The topological polar surface area (TPSA) is 35.3 Å². The molecule has 0 fully saturated rings. The molecule has 1 aromatic heterocycles. The van der Waals surface area contributed by atoms with E-state index in [1.807, 2.05) is 72.8 Å². The van der Waals surface area contributed by atoms with Crippen molar-refractivity contribution in [1.29, 1.82) is 0 Å². The number of hydrogen-bond acceptors (Lipinski definition) is 3. The first-order chi connectivity index (χ1) is 12.8. The second kappa shape index (κ2) is 7.28. The van der Waals surface area contributed by atoms with Crippen molar-refractivity contribution >= 4 is 0 Å². The first-order valence-corrected chi connectivity index (χ1v) is 8.57. The van der Waals surface area contributed by atoms with E-state index in [2.05, 4.69) is 12.1 Å². The summed E-state index contributed by atoms with van der Waals surface area (Å²) in [7, 11) is 1.68. The minimum Gasteiger partial charge on any atom is -0.496 e.